The fourth-order valence-electron chi connectivity index (χ4n) is 2.61. The summed E-state index contributed by atoms with van der Waals surface area (Å²) in [6.07, 6.45) is 1.67. The van der Waals surface area contributed by atoms with Crippen LogP contribution in [0.3, 0.4) is 0 Å². The van der Waals surface area contributed by atoms with Gasteiger partial charge in [0.05, 0.1) is 10.5 Å². The first-order valence-electron chi connectivity index (χ1n) is 7.91. The lowest BCUT2D eigenvalue weighted by molar-refractivity contribution is -0.385. The molecule has 0 radical (unpaired) electrons. The van der Waals surface area contributed by atoms with E-state index in [-0.39, 0.29) is 17.0 Å². The second-order valence-corrected chi connectivity index (χ2v) is 6.12. The number of benzene rings is 2. The van der Waals surface area contributed by atoms with Crippen LogP contribution in [0.1, 0.15) is 16.7 Å². The van der Waals surface area contributed by atoms with Gasteiger partial charge in [-0.2, -0.15) is 0 Å². The first-order chi connectivity index (χ1) is 12.4. The normalized spacial score (nSPS) is 15.0. The van der Waals surface area contributed by atoms with Crippen molar-refractivity contribution in [3.63, 3.8) is 0 Å². The Morgan fingerprint density at radius 3 is 2.46 bits per heavy atom. The Bertz CT molecular complexity index is 944. The molecule has 7 heteroatoms. The van der Waals surface area contributed by atoms with Crippen molar-refractivity contribution in [2.24, 2.45) is 5.16 Å². The average molecular weight is 351 g/mol. The molecule has 0 N–H and O–H groups in total. The molecule has 1 aliphatic heterocycles. The minimum atomic E-state index is -0.583. The van der Waals surface area contributed by atoms with E-state index in [2.05, 4.69) is 5.16 Å². The smallest absolute Gasteiger partial charge is 0.368 e. The zero-order valence-corrected chi connectivity index (χ0v) is 14.6. The fraction of sp³-hybridized carbons (Fsp3) is 0.158. The van der Waals surface area contributed by atoms with Crippen LogP contribution in [0.4, 0.5) is 11.4 Å². The summed E-state index contributed by atoms with van der Waals surface area (Å²) >= 11 is 0. The zero-order valence-electron chi connectivity index (χ0n) is 14.6. The molecule has 132 valence electrons. The van der Waals surface area contributed by atoms with Gasteiger partial charge in [-0.1, -0.05) is 29.4 Å². The molecule has 2 aromatic carbocycles. The predicted molar refractivity (Wildman–Crippen MR) is 99.2 cm³/mol. The predicted octanol–water partition coefficient (Wildman–Crippen LogP) is 3.31. The van der Waals surface area contributed by atoms with Gasteiger partial charge in [0.15, 0.2) is 0 Å². The van der Waals surface area contributed by atoms with E-state index in [1.807, 2.05) is 43.3 Å². The van der Waals surface area contributed by atoms with E-state index in [0.29, 0.717) is 11.1 Å². The molecule has 26 heavy (non-hydrogen) atoms. The van der Waals surface area contributed by atoms with Crippen molar-refractivity contribution in [1.82, 2.24) is 0 Å². The van der Waals surface area contributed by atoms with E-state index < -0.39 is 10.9 Å². The van der Waals surface area contributed by atoms with Crippen molar-refractivity contribution in [2.75, 3.05) is 19.0 Å². The molecule has 0 atom stereocenters. The molecule has 0 bridgehead atoms. The van der Waals surface area contributed by atoms with Gasteiger partial charge in [0, 0.05) is 37.0 Å². The Balaban J connectivity index is 1.99. The summed E-state index contributed by atoms with van der Waals surface area (Å²) in [6, 6.07) is 12.3. The maximum atomic E-state index is 12.1. The highest BCUT2D eigenvalue weighted by Gasteiger charge is 2.28. The molecule has 0 fully saturated rings. The van der Waals surface area contributed by atoms with Crippen LogP contribution in [-0.2, 0) is 9.63 Å². The zero-order chi connectivity index (χ0) is 18.8. The second-order valence-electron chi connectivity index (χ2n) is 6.12. The summed E-state index contributed by atoms with van der Waals surface area (Å²) in [5.74, 6) is -0.583. The number of hydrogen-bond donors (Lipinski definition) is 0. The van der Waals surface area contributed by atoms with Crippen LogP contribution < -0.4 is 4.90 Å². The van der Waals surface area contributed by atoms with Gasteiger partial charge in [-0.15, -0.1) is 0 Å². The van der Waals surface area contributed by atoms with E-state index in [1.165, 1.54) is 6.07 Å². The summed E-state index contributed by atoms with van der Waals surface area (Å²) in [5, 5.41) is 15.0. The number of nitro groups is 1. The van der Waals surface area contributed by atoms with Gasteiger partial charge in [-0.05, 0) is 30.7 Å². The Morgan fingerprint density at radius 1 is 1.15 bits per heavy atom. The largest absolute Gasteiger partial charge is 0.378 e. The standard InChI is InChI=1S/C19H17N3O4/c1-12-4-7-14(11-17(12)22(24)25)18-16(19(23)26-20-18)10-13-5-8-15(9-6-13)21(2)3/h4-11H,1-3H3. The monoisotopic (exact) mass is 351 g/mol. The average Bonchev–Trinajstić information content (AvgIpc) is 2.96. The number of aryl methyl sites for hydroxylation is 1. The SMILES string of the molecule is Cc1ccc(C2=NOC(=O)C2=Cc2ccc(N(C)C)cc2)cc1[N+](=O)[O-]. The summed E-state index contributed by atoms with van der Waals surface area (Å²) < 4.78 is 0. The summed E-state index contributed by atoms with van der Waals surface area (Å²) in [5.41, 5.74) is 3.36. The number of hydrogen-bond acceptors (Lipinski definition) is 6. The summed E-state index contributed by atoms with van der Waals surface area (Å²) in [7, 11) is 3.88. The van der Waals surface area contributed by atoms with Gasteiger partial charge in [0.2, 0.25) is 0 Å². The van der Waals surface area contributed by atoms with Crippen LogP contribution in [0.2, 0.25) is 0 Å². The van der Waals surface area contributed by atoms with E-state index >= 15 is 0 Å². The maximum Gasteiger partial charge on any atom is 0.368 e. The van der Waals surface area contributed by atoms with Gasteiger partial charge >= 0.3 is 5.97 Å². The molecule has 1 heterocycles. The van der Waals surface area contributed by atoms with Crippen LogP contribution in [0, 0.1) is 17.0 Å². The van der Waals surface area contributed by atoms with Gasteiger partial charge < -0.3 is 9.74 Å². The molecular formula is C19H17N3O4. The van der Waals surface area contributed by atoms with Crippen LogP contribution in [0.5, 0.6) is 0 Å². The third kappa shape index (κ3) is 3.32. The van der Waals surface area contributed by atoms with Crippen LogP contribution in [0.15, 0.2) is 53.2 Å². The van der Waals surface area contributed by atoms with Crippen molar-refractivity contribution in [2.45, 2.75) is 6.92 Å². The number of nitrogens with zero attached hydrogens (tertiary/aromatic N) is 3. The number of oxime groups is 1. The molecule has 0 amide bonds. The molecule has 0 aromatic heterocycles. The highest BCUT2D eigenvalue weighted by atomic mass is 16.7. The highest BCUT2D eigenvalue weighted by Crippen LogP contribution is 2.26. The summed E-state index contributed by atoms with van der Waals surface area (Å²) in [4.78, 5) is 29.6. The lowest BCUT2D eigenvalue weighted by atomic mass is 9.99. The van der Waals surface area contributed by atoms with E-state index in [1.54, 1.807) is 25.1 Å². The number of carbonyl (C=O) groups excluding carboxylic acids is 1. The van der Waals surface area contributed by atoms with E-state index in [4.69, 9.17) is 4.84 Å². The maximum absolute atomic E-state index is 12.1. The lowest BCUT2D eigenvalue weighted by Gasteiger charge is -2.12. The first kappa shape index (κ1) is 17.3. The summed E-state index contributed by atoms with van der Waals surface area (Å²) in [6.45, 7) is 1.66. The molecule has 0 saturated carbocycles. The van der Waals surface area contributed by atoms with Crippen molar-refractivity contribution in [1.29, 1.82) is 0 Å². The Hall–Kier alpha value is -3.48. The number of nitro benzene ring substituents is 1. The Kier molecular flexibility index (Phi) is 4.53. The van der Waals surface area contributed by atoms with E-state index in [0.717, 1.165) is 11.3 Å². The van der Waals surface area contributed by atoms with Crippen LogP contribution in [-0.4, -0.2) is 30.7 Å². The lowest BCUT2D eigenvalue weighted by Crippen LogP contribution is -2.09. The molecule has 2 aromatic rings. The highest BCUT2D eigenvalue weighted by molar-refractivity contribution is 6.31. The third-order valence-electron chi connectivity index (χ3n) is 4.09. The van der Waals surface area contributed by atoms with Crippen molar-refractivity contribution < 1.29 is 14.6 Å². The van der Waals surface area contributed by atoms with Crippen LogP contribution in [0.25, 0.3) is 6.08 Å². The minimum absolute atomic E-state index is 0.0285. The van der Waals surface area contributed by atoms with Gasteiger partial charge in [-0.3, -0.25) is 10.1 Å². The minimum Gasteiger partial charge on any atom is -0.378 e. The van der Waals surface area contributed by atoms with Crippen LogP contribution >= 0.6 is 0 Å². The Morgan fingerprint density at radius 2 is 1.85 bits per heavy atom. The number of carbonyl (C=O) groups is 1. The van der Waals surface area contributed by atoms with Gasteiger partial charge in [-0.25, -0.2) is 4.79 Å². The molecular weight excluding hydrogens is 334 g/mol. The Labute approximate surface area is 150 Å². The molecule has 1 aliphatic rings. The molecule has 3 rings (SSSR count). The molecule has 0 spiro atoms. The third-order valence-corrected chi connectivity index (χ3v) is 4.09. The molecule has 0 saturated heterocycles. The quantitative estimate of drug-likeness (QED) is 0.365. The van der Waals surface area contributed by atoms with Crippen molar-refractivity contribution >= 4 is 29.1 Å². The van der Waals surface area contributed by atoms with Gasteiger partial charge in [0.25, 0.3) is 5.69 Å². The molecule has 0 aliphatic carbocycles. The number of anilines is 1. The fourth-order valence-corrected chi connectivity index (χ4v) is 2.61. The topological polar surface area (TPSA) is 85.0 Å². The van der Waals surface area contributed by atoms with Gasteiger partial charge in [0.1, 0.15) is 5.71 Å². The van der Waals surface area contributed by atoms with Crippen molar-refractivity contribution in [3.05, 3.63) is 74.8 Å². The molecule has 7 nitrogen and oxygen atoms in total. The molecule has 0 unspecified atom stereocenters. The van der Waals surface area contributed by atoms with E-state index in [9.17, 15) is 14.9 Å². The number of rotatable bonds is 4. The first-order valence-corrected chi connectivity index (χ1v) is 7.91. The van der Waals surface area contributed by atoms with Crippen molar-refractivity contribution in [3.8, 4) is 0 Å². The second kappa shape index (κ2) is 6.79.